The van der Waals surface area contributed by atoms with Crippen molar-refractivity contribution in [1.29, 1.82) is 5.26 Å². The normalized spacial score (nSPS) is 10.1. The van der Waals surface area contributed by atoms with Crippen LogP contribution in [0.25, 0.3) is 0 Å². The zero-order valence-corrected chi connectivity index (χ0v) is 9.38. The second kappa shape index (κ2) is 5.03. The highest BCUT2D eigenvalue weighted by molar-refractivity contribution is 9.10. The average Bonchev–Trinajstić information content (AvgIpc) is 2.20. The van der Waals surface area contributed by atoms with E-state index in [2.05, 4.69) is 20.9 Å². The Morgan fingerprint density at radius 3 is 2.80 bits per heavy atom. The Morgan fingerprint density at radius 2 is 2.33 bits per heavy atom. The summed E-state index contributed by atoms with van der Waals surface area (Å²) in [5, 5.41) is 8.48. The summed E-state index contributed by atoms with van der Waals surface area (Å²) < 4.78 is 30.2. The van der Waals surface area contributed by atoms with E-state index in [0.29, 0.717) is 10.2 Å². The molecule has 0 bridgehead atoms. The number of pyridine rings is 1. The van der Waals surface area contributed by atoms with Crippen molar-refractivity contribution < 1.29 is 13.5 Å². The molecule has 80 valence electrons. The van der Waals surface area contributed by atoms with Crippen LogP contribution in [0.3, 0.4) is 0 Å². The maximum atomic E-state index is 12.5. The van der Waals surface area contributed by atoms with Gasteiger partial charge in [0.15, 0.2) is 0 Å². The molecule has 0 fully saturated rings. The molecule has 0 spiro atoms. The van der Waals surface area contributed by atoms with Gasteiger partial charge in [-0.05, 0) is 27.6 Å². The number of hydrogen-bond acceptors (Lipinski definition) is 3. The van der Waals surface area contributed by atoms with Gasteiger partial charge in [-0.15, -0.1) is 0 Å². The van der Waals surface area contributed by atoms with Gasteiger partial charge in [0.2, 0.25) is 5.88 Å². The van der Waals surface area contributed by atoms with Crippen LogP contribution in [0, 0.1) is 11.3 Å². The van der Waals surface area contributed by atoms with Crippen molar-refractivity contribution in [2.24, 2.45) is 0 Å². The first-order chi connectivity index (χ1) is 7.10. The molecule has 1 aromatic rings. The standard InChI is InChI=1S/C9H7BrF2N2O/c1-15-9-6(8(11)12)4-5(2-3-13)7(10)14-9/h4,8H,2H2,1H3. The summed E-state index contributed by atoms with van der Waals surface area (Å²) in [5.74, 6) is -0.126. The Labute approximate surface area is 93.8 Å². The summed E-state index contributed by atoms with van der Waals surface area (Å²) in [5.41, 5.74) is 0.125. The number of ether oxygens (including phenoxy) is 1. The first-order valence-corrected chi connectivity index (χ1v) is 4.77. The summed E-state index contributed by atoms with van der Waals surface area (Å²) >= 11 is 3.09. The zero-order chi connectivity index (χ0) is 11.4. The highest BCUT2D eigenvalue weighted by atomic mass is 79.9. The molecule has 1 rings (SSSR count). The van der Waals surface area contributed by atoms with Crippen LogP contribution in [0.4, 0.5) is 8.78 Å². The third kappa shape index (κ3) is 2.63. The lowest BCUT2D eigenvalue weighted by Gasteiger charge is -2.09. The summed E-state index contributed by atoms with van der Waals surface area (Å²) in [6.07, 6.45) is -2.64. The van der Waals surface area contributed by atoms with Crippen molar-refractivity contribution in [3.63, 3.8) is 0 Å². The Balaban J connectivity index is 3.25. The van der Waals surface area contributed by atoms with Crippen LogP contribution >= 0.6 is 15.9 Å². The number of aromatic nitrogens is 1. The Hall–Kier alpha value is -1.22. The predicted molar refractivity (Wildman–Crippen MR) is 52.8 cm³/mol. The summed E-state index contributed by atoms with van der Waals surface area (Å²) in [4.78, 5) is 3.79. The monoisotopic (exact) mass is 276 g/mol. The van der Waals surface area contributed by atoms with Crippen LogP contribution in [0.1, 0.15) is 17.6 Å². The number of nitrogens with zero attached hydrogens (tertiary/aromatic N) is 2. The molecule has 0 atom stereocenters. The van der Waals surface area contributed by atoms with Crippen LogP contribution in [0.15, 0.2) is 10.7 Å². The van der Waals surface area contributed by atoms with Crippen LogP contribution in [-0.2, 0) is 6.42 Å². The fourth-order valence-electron chi connectivity index (χ4n) is 1.06. The number of rotatable bonds is 3. The lowest BCUT2D eigenvalue weighted by atomic mass is 10.1. The highest BCUT2D eigenvalue weighted by Crippen LogP contribution is 2.31. The van der Waals surface area contributed by atoms with Gasteiger partial charge in [-0.2, -0.15) is 5.26 Å². The quantitative estimate of drug-likeness (QED) is 0.798. The minimum Gasteiger partial charge on any atom is -0.481 e. The van der Waals surface area contributed by atoms with Gasteiger partial charge in [0, 0.05) is 0 Å². The molecule has 0 aliphatic heterocycles. The van der Waals surface area contributed by atoms with Crippen LogP contribution < -0.4 is 4.74 Å². The van der Waals surface area contributed by atoms with Gasteiger partial charge in [0.1, 0.15) is 4.60 Å². The van der Waals surface area contributed by atoms with Gasteiger partial charge in [-0.25, -0.2) is 13.8 Å². The Bertz CT molecular complexity index is 404. The first-order valence-electron chi connectivity index (χ1n) is 3.98. The van der Waals surface area contributed by atoms with Crippen molar-refractivity contribution in [1.82, 2.24) is 4.98 Å². The van der Waals surface area contributed by atoms with Crippen LogP contribution in [-0.4, -0.2) is 12.1 Å². The maximum Gasteiger partial charge on any atom is 0.269 e. The van der Waals surface area contributed by atoms with Crippen LogP contribution in [0.5, 0.6) is 5.88 Å². The number of methoxy groups -OCH3 is 1. The number of nitriles is 1. The Kier molecular flexibility index (Phi) is 3.97. The summed E-state index contributed by atoms with van der Waals surface area (Å²) in [7, 11) is 1.27. The second-order valence-electron chi connectivity index (χ2n) is 2.67. The molecule has 15 heavy (non-hydrogen) atoms. The molecule has 0 N–H and O–H groups in total. The van der Waals surface area contributed by atoms with E-state index in [1.54, 1.807) is 0 Å². The minimum absolute atomic E-state index is 0.0251. The van der Waals surface area contributed by atoms with Gasteiger partial charge in [0.25, 0.3) is 6.43 Å². The molecule has 0 saturated carbocycles. The van der Waals surface area contributed by atoms with Gasteiger partial charge < -0.3 is 4.74 Å². The summed E-state index contributed by atoms with van der Waals surface area (Å²) in [6.45, 7) is 0. The predicted octanol–water partition coefficient (Wildman–Crippen LogP) is 2.86. The van der Waals surface area contributed by atoms with Crippen LogP contribution in [0.2, 0.25) is 0 Å². The first kappa shape index (κ1) is 11.9. The smallest absolute Gasteiger partial charge is 0.269 e. The molecule has 0 aliphatic carbocycles. The molecular formula is C9H7BrF2N2O. The highest BCUT2D eigenvalue weighted by Gasteiger charge is 2.18. The Morgan fingerprint density at radius 1 is 1.67 bits per heavy atom. The van der Waals surface area contributed by atoms with Gasteiger partial charge >= 0.3 is 0 Å². The molecule has 1 heterocycles. The van der Waals surface area contributed by atoms with E-state index in [0.717, 1.165) is 0 Å². The molecule has 3 nitrogen and oxygen atoms in total. The lowest BCUT2D eigenvalue weighted by molar-refractivity contribution is 0.146. The van der Waals surface area contributed by atoms with E-state index in [1.807, 2.05) is 6.07 Å². The lowest BCUT2D eigenvalue weighted by Crippen LogP contribution is -1.99. The average molecular weight is 277 g/mol. The van der Waals surface area contributed by atoms with E-state index >= 15 is 0 Å². The van der Waals surface area contributed by atoms with Crippen molar-refractivity contribution in [2.75, 3.05) is 7.11 Å². The van der Waals surface area contributed by atoms with E-state index in [-0.39, 0.29) is 17.9 Å². The number of hydrogen-bond donors (Lipinski definition) is 0. The van der Waals surface area contributed by atoms with Crippen molar-refractivity contribution in [3.05, 3.63) is 21.8 Å². The third-order valence-corrected chi connectivity index (χ3v) is 2.43. The maximum absolute atomic E-state index is 12.5. The third-order valence-electron chi connectivity index (χ3n) is 1.74. The molecule has 1 aromatic heterocycles. The number of alkyl halides is 2. The van der Waals surface area contributed by atoms with Crippen molar-refractivity contribution >= 4 is 15.9 Å². The molecule has 0 aliphatic rings. The zero-order valence-electron chi connectivity index (χ0n) is 7.80. The molecule has 0 amide bonds. The van der Waals surface area contributed by atoms with E-state index in [4.69, 9.17) is 10.00 Å². The fourth-order valence-corrected chi connectivity index (χ4v) is 1.48. The van der Waals surface area contributed by atoms with E-state index in [1.165, 1.54) is 13.2 Å². The van der Waals surface area contributed by atoms with E-state index < -0.39 is 6.43 Å². The molecule has 0 unspecified atom stereocenters. The summed E-state index contributed by atoms with van der Waals surface area (Å²) in [6, 6.07) is 3.10. The van der Waals surface area contributed by atoms with Crippen molar-refractivity contribution in [2.45, 2.75) is 12.8 Å². The molecule has 0 radical (unpaired) electrons. The van der Waals surface area contributed by atoms with Gasteiger partial charge in [0.05, 0.1) is 25.2 Å². The molecular weight excluding hydrogens is 270 g/mol. The van der Waals surface area contributed by atoms with Gasteiger partial charge in [-0.1, -0.05) is 0 Å². The number of halogens is 3. The molecule has 0 saturated heterocycles. The largest absolute Gasteiger partial charge is 0.481 e. The SMILES string of the molecule is COc1nc(Br)c(CC#N)cc1C(F)F. The van der Waals surface area contributed by atoms with Gasteiger partial charge in [-0.3, -0.25) is 0 Å². The fraction of sp³-hybridized carbons (Fsp3) is 0.333. The second-order valence-corrected chi connectivity index (χ2v) is 3.42. The molecule has 6 heteroatoms. The topological polar surface area (TPSA) is 45.9 Å². The van der Waals surface area contributed by atoms with Crippen molar-refractivity contribution in [3.8, 4) is 11.9 Å². The molecule has 0 aromatic carbocycles. The van der Waals surface area contributed by atoms with E-state index in [9.17, 15) is 8.78 Å². The minimum atomic E-state index is -2.67.